The first kappa shape index (κ1) is 22.2. The minimum atomic E-state index is 0.0953. The van der Waals surface area contributed by atoms with Crippen molar-refractivity contribution in [3.63, 3.8) is 0 Å². The summed E-state index contributed by atoms with van der Waals surface area (Å²) in [6.07, 6.45) is 10.1. The average Bonchev–Trinajstić information content (AvgIpc) is 3.55. The fourth-order valence-electron chi connectivity index (χ4n) is 5.81. The van der Waals surface area contributed by atoms with Gasteiger partial charge in [0.1, 0.15) is 5.58 Å². The number of carbonyl (C=O) groups is 1. The number of carbonyl (C=O) groups excluding carboxylic acids is 1. The molecule has 2 saturated heterocycles. The number of likely N-dealkylation sites (tertiary alicyclic amines) is 2. The first-order chi connectivity index (χ1) is 17.2. The third kappa shape index (κ3) is 4.80. The molecule has 6 heteroatoms. The van der Waals surface area contributed by atoms with Gasteiger partial charge in [-0.05, 0) is 80.4 Å². The monoisotopic (exact) mass is 472 g/mol. The molecule has 2 aromatic carbocycles. The van der Waals surface area contributed by atoms with Crippen LogP contribution in [0, 0.1) is 5.92 Å². The molecule has 6 rings (SSSR count). The molecular formula is C29H32N2O4. The molecule has 0 N–H and O–H groups in total. The second kappa shape index (κ2) is 9.78. The zero-order valence-corrected chi connectivity index (χ0v) is 20.0. The quantitative estimate of drug-likeness (QED) is 0.472. The minimum Gasteiger partial charge on any atom is -0.464 e. The van der Waals surface area contributed by atoms with Crippen LogP contribution in [-0.2, 0) is 4.79 Å². The molecule has 3 aliphatic rings. The van der Waals surface area contributed by atoms with Gasteiger partial charge in [-0.15, -0.1) is 0 Å². The molecule has 182 valence electrons. The lowest BCUT2D eigenvalue weighted by Crippen LogP contribution is -2.44. The average molecular weight is 473 g/mol. The Morgan fingerprint density at radius 1 is 1.00 bits per heavy atom. The van der Waals surface area contributed by atoms with E-state index in [0.29, 0.717) is 11.8 Å². The Balaban J connectivity index is 1.01. The topological polar surface area (TPSA) is 55.2 Å². The summed E-state index contributed by atoms with van der Waals surface area (Å²) in [5, 5.41) is 1.26. The number of rotatable bonds is 5. The highest BCUT2D eigenvalue weighted by Crippen LogP contribution is 2.35. The van der Waals surface area contributed by atoms with Gasteiger partial charge in [0.25, 0.3) is 0 Å². The highest BCUT2D eigenvalue weighted by molar-refractivity contribution is 5.92. The van der Waals surface area contributed by atoms with Crippen molar-refractivity contribution in [3.05, 3.63) is 65.9 Å². The number of piperidine rings is 2. The molecule has 35 heavy (non-hydrogen) atoms. The van der Waals surface area contributed by atoms with Crippen molar-refractivity contribution in [3.8, 4) is 11.5 Å². The van der Waals surface area contributed by atoms with Crippen LogP contribution in [0.5, 0.6) is 11.5 Å². The van der Waals surface area contributed by atoms with Crippen molar-refractivity contribution >= 4 is 23.0 Å². The summed E-state index contributed by atoms with van der Waals surface area (Å²) in [6.45, 7) is 5.24. The molecule has 1 amide bonds. The Kier molecular flexibility index (Phi) is 6.21. The Bertz CT molecular complexity index is 1220. The van der Waals surface area contributed by atoms with Gasteiger partial charge in [0.05, 0.1) is 6.26 Å². The van der Waals surface area contributed by atoms with Gasteiger partial charge >= 0.3 is 0 Å². The van der Waals surface area contributed by atoms with Crippen LogP contribution in [0.3, 0.4) is 0 Å². The zero-order valence-electron chi connectivity index (χ0n) is 20.0. The van der Waals surface area contributed by atoms with Crippen LogP contribution in [0.2, 0.25) is 0 Å². The molecule has 3 aliphatic heterocycles. The molecule has 0 radical (unpaired) electrons. The second-order valence-corrected chi connectivity index (χ2v) is 10.0. The van der Waals surface area contributed by atoms with E-state index in [9.17, 15) is 4.79 Å². The Morgan fingerprint density at radius 3 is 2.77 bits per heavy atom. The molecule has 0 bridgehead atoms. The lowest BCUT2D eigenvalue weighted by atomic mass is 9.88. The van der Waals surface area contributed by atoms with Gasteiger partial charge in [-0.25, -0.2) is 0 Å². The van der Waals surface area contributed by atoms with E-state index in [1.807, 2.05) is 47.6 Å². The normalized spacial score (nSPS) is 21.3. The number of amides is 1. The maximum atomic E-state index is 12.9. The number of ether oxygens (including phenoxy) is 2. The summed E-state index contributed by atoms with van der Waals surface area (Å²) in [5.41, 5.74) is 3.30. The van der Waals surface area contributed by atoms with E-state index in [1.54, 1.807) is 6.08 Å². The van der Waals surface area contributed by atoms with Crippen molar-refractivity contribution in [2.24, 2.45) is 5.92 Å². The van der Waals surface area contributed by atoms with Gasteiger partial charge in [-0.3, -0.25) is 4.79 Å². The van der Waals surface area contributed by atoms with Gasteiger partial charge in [0.2, 0.25) is 12.7 Å². The van der Waals surface area contributed by atoms with Gasteiger partial charge < -0.3 is 23.7 Å². The Labute approximate surface area is 206 Å². The Hall–Kier alpha value is -3.25. The number of fused-ring (bicyclic) bond motifs is 2. The van der Waals surface area contributed by atoms with Crippen LogP contribution in [0.1, 0.15) is 42.7 Å². The maximum absolute atomic E-state index is 12.9. The SMILES string of the molecule is O=C(C=Cc1ccc2c(c1)OCO2)N1CCCC(CN2CCC(c3coc4ccccc34)CC2)C1. The summed E-state index contributed by atoms with van der Waals surface area (Å²) < 4.78 is 16.6. The molecule has 0 saturated carbocycles. The highest BCUT2D eigenvalue weighted by Gasteiger charge is 2.28. The van der Waals surface area contributed by atoms with E-state index in [4.69, 9.17) is 13.9 Å². The minimum absolute atomic E-state index is 0.0953. The summed E-state index contributed by atoms with van der Waals surface area (Å²) in [5.74, 6) is 2.70. The van der Waals surface area contributed by atoms with Crippen LogP contribution in [0.4, 0.5) is 0 Å². The summed E-state index contributed by atoms with van der Waals surface area (Å²) >= 11 is 0. The van der Waals surface area contributed by atoms with E-state index in [-0.39, 0.29) is 12.7 Å². The van der Waals surface area contributed by atoms with Crippen molar-refractivity contribution < 1.29 is 18.7 Å². The third-order valence-electron chi connectivity index (χ3n) is 7.70. The molecule has 1 aromatic heterocycles. The highest BCUT2D eigenvalue weighted by atomic mass is 16.7. The number of nitrogens with zero attached hydrogens (tertiary/aromatic N) is 2. The lowest BCUT2D eigenvalue weighted by Gasteiger charge is -2.38. The standard InChI is InChI=1S/C29H32N2O4/c32-29(10-8-21-7-9-27-28(16-21)35-20-34-27)31-13-3-4-22(18-31)17-30-14-11-23(12-15-30)25-19-33-26-6-2-1-5-24(25)26/h1-2,5-10,16,19,22-23H,3-4,11-15,17-18,20H2. The number of benzene rings is 2. The smallest absolute Gasteiger partial charge is 0.246 e. The fourth-order valence-corrected chi connectivity index (χ4v) is 5.81. The lowest BCUT2D eigenvalue weighted by molar-refractivity contribution is -0.127. The van der Waals surface area contributed by atoms with Crippen molar-refractivity contribution in [1.82, 2.24) is 9.80 Å². The predicted molar refractivity (Wildman–Crippen MR) is 136 cm³/mol. The fraction of sp³-hybridized carbons (Fsp3) is 0.414. The van der Waals surface area contributed by atoms with Gasteiger partial charge in [0, 0.05) is 36.7 Å². The van der Waals surface area contributed by atoms with Crippen molar-refractivity contribution in [2.45, 2.75) is 31.6 Å². The van der Waals surface area contributed by atoms with E-state index in [0.717, 1.165) is 74.6 Å². The Morgan fingerprint density at radius 2 is 1.86 bits per heavy atom. The molecule has 3 aromatic rings. The number of hydrogen-bond acceptors (Lipinski definition) is 5. The van der Waals surface area contributed by atoms with E-state index in [2.05, 4.69) is 17.0 Å². The first-order valence-electron chi connectivity index (χ1n) is 12.8. The molecule has 4 heterocycles. The van der Waals surface area contributed by atoms with Gasteiger partial charge in [0.15, 0.2) is 11.5 Å². The zero-order chi connectivity index (χ0) is 23.6. The van der Waals surface area contributed by atoms with Crippen LogP contribution < -0.4 is 9.47 Å². The summed E-state index contributed by atoms with van der Waals surface area (Å²) in [7, 11) is 0. The van der Waals surface area contributed by atoms with Gasteiger partial charge in [-0.2, -0.15) is 0 Å². The summed E-state index contributed by atoms with van der Waals surface area (Å²) in [4.78, 5) is 17.5. The molecule has 0 aliphatic carbocycles. The molecule has 1 atom stereocenters. The third-order valence-corrected chi connectivity index (χ3v) is 7.70. The van der Waals surface area contributed by atoms with E-state index in [1.165, 1.54) is 17.4 Å². The number of para-hydroxylation sites is 1. The molecular weight excluding hydrogens is 440 g/mol. The maximum Gasteiger partial charge on any atom is 0.246 e. The summed E-state index contributed by atoms with van der Waals surface area (Å²) in [6, 6.07) is 14.1. The molecule has 0 spiro atoms. The van der Waals surface area contributed by atoms with Crippen LogP contribution in [0.15, 0.2) is 59.2 Å². The first-order valence-corrected chi connectivity index (χ1v) is 12.8. The number of furan rings is 1. The largest absolute Gasteiger partial charge is 0.464 e. The van der Waals surface area contributed by atoms with E-state index >= 15 is 0 Å². The van der Waals surface area contributed by atoms with Crippen molar-refractivity contribution in [2.75, 3.05) is 39.5 Å². The van der Waals surface area contributed by atoms with Gasteiger partial charge in [-0.1, -0.05) is 24.3 Å². The molecule has 1 unspecified atom stereocenters. The van der Waals surface area contributed by atoms with Crippen LogP contribution in [0.25, 0.3) is 17.0 Å². The van der Waals surface area contributed by atoms with Crippen molar-refractivity contribution in [1.29, 1.82) is 0 Å². The predicted octanol–water partition coefficient (Wildman–Crippen LogP) is 5.29. The van der Waals surface area contributed by atoms with Crippen LogP contribution in [-0.4, -0.2) is 55.2 Å². The number of hydrogen-bond donors (Lipinski definition) is 0. The molecule has 6 nitrogen and oxygen atoms in total. The van der Waals surface area contributed by atoms with E-state index < -0.39 is 0 Å². The van der Waals surface area contributed by atoms with Crippen LogP contribution >= 0.6 is 0 Å². The molecule has 2 fully saturated rings. The second-order valence-electron chi connectivity index (χ2n) is 10.0.